The Morgan fingerprint density at radius 3 is 1.32 bits per heavy atom. The number of carboxylic acids is 1. The zero-order valence-corrected chi connectivity index (χ0v) is 38.9. The molecule has 24 nitrogen and oxygen atoms in total. The fraction of sp³-hybridized carbons (Fsp3) is 0.444. The van der Waals surface area contributed by atoms with E-state index in [1.54, 1.807) is 31.0 Å². The number of benzene rings is 3. The number of para-hydroxylation sites is 3. The lowest BCUT2D eigenvalue weighted by atomic mass is 10.1. The average molecular weight is 971 g/mol. The van der Waals surface area contributed by atoms with Crippen molar-refractivity contribution in [2.24, 2.45) is 0 Å². The fourth-order valence-corrected chi connectivity index (χ4v) is 6.33. The third-order valence-electron chi connectivity index (χ3n) is 10.2. The highest BCUT2D eigenvalue weighted by atomic mass is 16.4. The van der Waals surface area contributed by atoms with Crippen LogP contribution in [-0.4, -0.2) is 222 Å². The highest BCUT2D eigenvalue weighted by Crippen LogP contribution is 2.29. The molecule has 0 aliphatic carbocycles. The Balaban J connectivity index is 0.000000547. The molecule has 0 bridgehead atoms. The van der Waals surface area contributed by atoms with Crippen molar-refractivity contribution in [3.05, 3.63) is 71.3 Å². The van der Waals surface area contributed by atoms with Crippen LogP contribution in [0.3, 0.4) is 0 Å². The molecule has 0 radical (unpaired) electrons. The average Bonchev–Trinajstić information content (AvgIpc) is 3.31. The van der Waals surface area contributed by atoms with E-state index in [9.17, 15) is 59.1 Å². The topological polar surface area (TPSA) is 346 Å². The number of hydrogen-bond donors (Lipinski definition) is 13. The van der Waals surface area contributed by atoms with Crippen LogP contribution in [0.15, 0.2) is 54.6 Å². The zero-order valence-electron chi connectivity index (χ0n) is 38.9. The summed E-state index contributed by atoms with van der Waals surface area (Å²) in [5, 5.41) is 81.2. The van der Waals surface area contributed by atoms with Crippen molar-refractivity contribution in [1.29, 1.82) is 0 Å². The summed E-state index contributed by atoms with van der Waals surface area (Å²) in [5.74, 6) is -4.30. The molecular weight excluding hydrogens is 905 g/mol. The molecule has 0 spiro atoms. The first kappa shape index (κ1) is 57.9. The van der Waals surface area contributed by atoms with E-state index >= 15 is 0 Å². The number of rotatable bonds is 20. The van der Waals surface area contributed by atoms with E-state index in [4.69, 9.17) is 10.2 Å². The monoisotopic (exact) mass is 970 g/mol. The molecule has 1 saturated heterocycles. The number of aldehydes is 1. The maximum Gasteiger partial charge on any atom is 0.317 e. The minimum Gasteiger partial charge on any atom is -0.504 e. The molecule has 13 N–H and O–H groups in total. The second kappa shape index (κ2) is 32.5. The van der Waals surface area contributed by atoms with Crippen LogP contribution in [0.5, 0.6) is 34.5 Å². The van der Waals surface area contributed by atoms with Gasteiger partial charge >= 0.3 is 5.97 Å². The quantitative estimate of drug-likeness (QED) is 0.0324. The number of carboxylic acid groups (broad SMARTS) is 1. The van der Waals surface area contributed by atoms with Crippen molar-refractivity contribution >= 4 is 42.3 Å². The van der Waals surface area contributed by atoms with Gasteiger partial charge in [0.2, 0.25) is 18.2 Å². The van der Waals surface area contributed by atoms with Gasteiger partial charge in [0.05, 0.1) is 37.3 Å². The molecule has 69 heavy (non-hydrogen) atoms. The number of aromatic hydroxyl groups is 6. The molecule has 0 atom stereocenters. The molecule has 0 aromatic heterocycles. The number of carbonyl (C=O) groups excluding carboxylic acids is 6. The van der Waals surface area contributed by atoms with E-state index in [-0.39, 0.29) is 91.8 Å². The smallest absolute Gasteiger partial charge is 0.317 e. The van der Waals surface area contributed by atoms with Gasteiger partial charge < -0.3 is 72.4 Å². The Morgan fingerprint density at radius 2 is 0.913 bits per heavy atom. The van der Waals surface area contributed by atoms with Crippen LogP contribution in [0.4, 0.5) is 0 Å². The molecular formula is C45H66N10O14. The molecule has 1 heterocycles. The molecule has 5 amide bonds. The lowest BCUT2D eigenvalue weighted by molar-refractivity contribution is -0.138. The van der Waals surface area contributed by atoms with Gasteiger partial charge in [-0.15, -0.1) is 0 Å². The number of aliphatic carboxylic acids is 1. The summed E-state index contributed by atoms with van der Waals surface area (Å²) in [5.41, 5.74) is 0.669. The maximum absolute atomic E-state index is 12.7. The van der Waals surface area contributed by atoms with Gasteiger partial charge in [0, 0.05) is 91.6 Å². The van der Waals surface area contributed by atoms with E-state index in [0.29, 0.717) is 84.0 Å². The third kappa shape index (κ3) is 22.9. The van der Waals surface area contributed by atoms with Crippen LogP contribution in [0, 0.1) is 6.92 Å². The first-order chi connectivity index (χ1) is 33.0. The number of aryl methyl sites for hydroxylation is 1. The first-order valence-corrected chi connectivity index (χ1v) is 22.0. The summed E-state index contributed by atoms with van der Waals surface area (Å²) < 4.78 is 0. The molecule has 380 valence electrons. The molecule has 4 rings (SSSR count). The fourth-order valence-electron chi connectivity index (χ4n) is 6.33. The lowest BCUT2D eigenvalue weighted by Gasteiger charge is -2.33. The van der Waals surface area contributed by atoms with E-state index in [2.05, 4.69) is 31.9 Å². The molecule has 3 aromatic carbocycles. The molecule has 0 saturated carbocycles. The number of nitrogens with zero attached hydrogens (tertiary/aromatic N) is 4. The van der Waals surface area contributed by atoms with Crippen LogP contribution in [0.1, 0.15) is 26.3 Å². The Hall–Kier alpha value is -7.25. The molecule has 3 aromatic rings. The number of carbonyl (C=O) groups is 7. The summed E-state index contributed by atoms with van der Waals surface area (Å²) in [7, 11) is 1.78. The van der Waals surface area contributed by atoms with Crippen LogP contribution >= 0.6 is 0 Å². The molecule has 0 unspecified atom stereocenters. The number of phenols is 6. The predicted molar refractivity (Wildman–Crippen MR) is 252 cm³/mol. The number of nitrogens with one attached hydrogen (secondary N) is 6. The minimum atomic E-state index is -1.00. The highest BCUT2D eigenvalue weighted by Gasteiger charge is 2.21. The second-order valence-corrected chi connectivity index (χ2v) is 15.4. The van der Waals surface area contributed by atoms with Crippen molar-refractivity contribution in [3.63, 3.8) is 0 Å². The summed E-state index contributed by atoms with van der Waals surface area (Å²) >= 11 is 0. The number of likely N-dealkylation sites (N-methyl/N-ethyl adjacent to an activating group) is 1. The molecule has 1 fully saturated rings. The van der Waals surface area contributed by atoms with Gasteiger partial charge in [-0.25, -0.2) is 0 Å². The standard InChI is InChI=1S/C28H44N8O9.C10H14N2O3.C7H8O2/c37-17-16-33-8-10-34(18-24(40)30-5-4-29-21-38)12-14-36(20-26(42)43)15-13-35(11-9-33)19-25(41)31-6-7-32-28(45)22-2-1-3-23(39)27(22)44;1-11-5-6-12-10(15)7-3-2-4-8(13)9(7)14;1-5-3-2-4-6(8)7(5)9/h1-3,17,21,39,44H,4-16,18-20H2,(H,29,38)(H,30,40)(H,31,41)(H,32,45)(H,42,43);2-4,11,13-14H,5-6H2,1H3,(H,12,15);2-4,8-9H,1H3. The normalized spacial score (nSPS) is 13.8. The maximum atomic E-state index is 12.7. The Morgan fingerprint density at radius 1 is 0.522 bits per heavy atom. The van der Waals surface area contributed by atoms with Gasteiger partial charge in [0.25, 0.3) is 11.8 Å². The van der Waals surface area contributed by atoms with Crippen molar-refractivity contribution < 1.29 is 69.3 Å². The second-order valence-electron chi connectivity index (χ2n) is 15.4. The van der Waals surface area contributed by atoms with Gasteiger partial charge in [0.15, 0.2) is 34.5 Å². The molecule has 1 aliphatic rings. The number of phenolic OH excluding ortho intramolecular Hbond substituents is 6. The van der Waals surface area contributed by atoms with Gasteiger partial charge in [-0.2, -0.15) is 0 Å². The van der Waals surface area contributed by atoms with Crippen LogP contribution in [-0.2, 0) is 24.0 Å². The first-order valence-electron chi connectivity index (χ1n) is 22.0. The number of amides is 5. The van der Waals surface area contributed by atoms with Crippen LogP contribution in [0.25, 0.3) is 0 Å². The zero-order chi connectivity index (χ0) is 51.1. The predicted octanol–water partition coefficient (Wildman–Crippen LogP) is -2.24. The SMILES string of the molecule is CNCCNC(=O)c1cccc(O)c1O.Cc1cccc(O)c1O.O=CCN1CCN(CC(=O)NCCNC=O)CCN(CC(=O)O)CCN(CC(=O)NCCNC(=O)c2cccc(O)c2O)CC1. The highest BCUT2D eigenvalue weighted by molar-refractivity contribution is 5.98. The van der Waals surface area contributed by atoms with E-state index in [1.807, 2.05) is 14.7 Å². The van der Waals surface area contributed by atoms with Crippen LogP contribution < -0.4 is 31.9 Å². The Labute approximate surface area is 399 Å². The minimum absolute atomic E-state index is 0.00237. The van der Waals surface area contributed by atoms with E-state index < -0.39 is 29.3 Å². The van der Waals surface area contributed by atoms with Crippen molar-refractivity contribution in [2.75, 3.05) is 125 Å². The molecule has 24 heteroatoms. The Bertz CT molecular complexity index is 2090. The Kier molecular flexibility index (Phi) is 27.2. The summed E-state index contributed by atoms with van der Waals surface area (Å²) in [6.07, 6.45) is 1.34. The van der Waals surface area contributed by atoms with Gasteiger partial charge in [-0.3, -0.25) is 48.4 Å². The van der Waals surface area contributed by atoms with Crippen LogP contribution in [0.2, 0.25) is 0 Å². The third-order valence-corrected chi connectivity index (χ3v) is 10.2. The van der Waals surface area contributed by atoms with Crippen molar-refractivity contribution in [1.82, 2.24) is 51.5 Å². The largest absolute Gasteiger partial charge is 0.504 e. The van der Waals surface area contributed by atoms with Gasteiger partial charge in [-0.05, 0) is 49.9 Å². The van der Waals surface area contributed by atoms with E-state index in [1.165, 1.54) is 42.5 Å². The lowest BCUT2D eigenvalue weighted by Crippen LogP contribution is -2.50. The number of hydrogen-bond acceptors (Lipinski definition) is 18. The summed E-state index contributed by atoms with van der Waals surface area (Å²) in [6.45, 7) is 6.85. The van der Waals surface area contributed by atoms with E-state index in [0.717, 1.165) is 6.29 Å². The van der Waals surface area contributed by atoms with Gasteiger partial charge in [-0.1, -0.05) is 24.3 Å². The summed E-state index contributed by atoms with van der Waals surface area (Å²) in [4.78, 5) is 89.7. The molecule has 1 aliphatic heterocycles. The van der Waals surface area contributed by atoms with Gasteiger partial charge in [0.1, 0.15) is 6.29 Å². The van der Waals surface area contributed by atoms with Crippen molar-refractivity contribution in [3.8, 4) is 34.5 Å². The van der Waals surface area contributed by atoms with Crippen molar-refractivity contribution in [2.45, 2.75) is 6.92 Å². The summed E-state index contributed by atoms with van der Waals surface area (Å²) in [6, 6.07) is 13.2.